The maximum atomic E-state index is 12.8. The number of carbonyl (C=O) groups is 2. The predicted octanol–water partition coefficient (Wildman–Crippen LogP) is 3.08. The van der Waals surface area contributed by atoms with E-state index < -0.39 is 5.97 Å². The monoisotopic (exact) mass is 319 g/mol. The van der Waals surface area contributed by atoms with Crippen molar-refractivity contribution >= 4 is 18.0 Å². The quantitative estimate of drug-likeness (QED) is 0.670. The highest BCUT2D eigenvalue weighted by molar-refractivity contribution is 5.89. The van der Waals surface area contributed by atoms with Crippen LogP contribution < -0.4 is 5.32 Å². The first kappa shape index (κ1) is 17.2. The molecule has 1 aromatic carbocycles. The molecule has 124 valence electrons. The molecular weight excluding hydrogens is 297 g/mol. The number of benzene rings is 1. The van der Waals surface area contributed by atoms with Gasteiger partial charge in [0, 0.05) is 12.1 Å². The number of esters is 1. The van der Waals surface area contributed by atoms with Crippen LogP contribution >= 0.6 is 0 Å². The van der Waals surface area contributed by atoms with Crippen molar-refractivity contribution in [2.75, 3.05) is 6.61 Å². The lowest BCUT2D eigenvalue weighted by Gasteiger charge is -2.29. The SMILES string of the molecule is C[C@@H]1CCCC[C@@H]1NC(=O)COC(=O)/C=C/c1ccc(F)cc1. The highest BCUT2D eigenvalue weighted by atomic mass is 19.1. The second-order valence-corrected chi connectivity index (χ2v) is 5.93. The topological polar surface area (TPSA) is 55.4 Å². The van der Waals surface area contributed by atoms with E-state index in [1.807, 2.05) is 0 Å². The highest BCUT2D eigenvalue weighted by Gasteiger charge is 2.22. The van der Waals surface area contributed by atoms with E-state index in [1.54, 1.807) is 12.1 Å². The summed E-state index contributed by atoms with van der Waals surface area (Å²) in [5, 5.41) is 2.92. The molecule has 0 saturated heterocycles. The summed E-state index contributed by atoms with van der Waals surface area (Å²) >= 11 is 0. The van der Waals surface area contributed by atoms with E-state index >= 15 is 0 Å². The van der Waals surface area contributed by atoms with Crippen LogP contribution in [-0.4, -0.2) is 24.5 Å². The molecule has 1 saturated carbocycles. The van der Waals surface area contributed by atoms with E-state index in [0.29, 0.717) is 11.5 Å². The number of halogens is 1. The fourth-order valence-corrected chi connectivity index (χ4v) is 2.70. The van der Waals surface area contributed by atoms with Gasteiger partial charge in [-0.3, -0.25) is 4.79 Å². The van der Waals surface area contributed by atoms with Crippen LogP contribution in [0.15, 0.2) is 30.3 Å². The van der Waals surface area contributed by atoms with Crippen molar-refractivity contribution < 1.29 is 18.7 Å². The third-order valence-corrected chi connectivity index (χ3v) is 4.09. The van der Waals surface area contributed by atoms with Crippen LogP contribution in [0, 0.1) is 11.7 Å². The minimum Gasteiger partial charge on any atom is -0.452 e. The highest BCUT2D eigenvalue weighted by Crippen LogP contribution is 2.23. The van der Waals surface area contributed by atoms with Crippen molar-refractivity contribution in [2.45, 2.75) is 38.6 Å². The fourth-order valence-electron chi connectivity index (χ4n) is 2.70. The Morgan fingerprint density at radius 1 is 1.26 bits per heavy atom. The second kappa shape index (κ2) is 8.46. The van der Waals surface area contributed by atoms with Crippen LogP contribution in [-0.2, 0) is 14.3 Å². The molecule has 1 aliphatic carbocycles. The molecule has 1 N–H and O–H groups in total. The third kappa shape index (κ3) is 5.85. The minimum absolute atomic E-state index is 0.171. The van der Waals surface area contributed by atoms with Gasteiger partial charge in [-0.05, 0) is 42.5 Å². The van der Waals surface area contributed by atoms with Gasteiger partial charge in [-0.1, -0.05) is 31.9 Å². The van der Waals surface area contributed by atoms with Gasteiger partial charge >= 0.3 is 5.97 Å². The Morgan fingerprint density at radius 2 is 1.96 bits per heavy atom. The zero-order valence-corrected chi connectivity index (χ0v) is 13.3. The van der Waals surface area contributed by atoms with Gasteiger partial charge in [0.2, 0.25) is 0 Å². The molecule has 23 heavy (non-hydrogen) atoms. The van der Waals surface area contributed by atoms with Crippen molar-refractivity contribution in [1.29, 1.82) is 0 Å². The van der Waals surface area contributed by atoms with Crippen LogP contribution in [0.2, 0.25) is 0 Å². The molecule has 0 spiro atoms. The van der Waals surface area contributed by atoms with Crippen LogP contribution in [0.25, 0.3) is 6.08 Å². The second-order valence-electron chi connectivity index (χ2n) is 5.93. The van der Waals surface area contributed by atoms with Gasteiger partial charge < -0.3 is 10.1 Å². The predicted molar refractivity (Wildman–Crippen MR) is 86.0 cm³/mol. The summed E-state index contributed by atoms with van der Waals surface area (Å²) in [6, 6.07) is 5.89. The molecule has 2 atom stereocenters. The van der Waals surface area contributed by atoms with Gasteiger partial charge in [0.1, 0.15) is 5.82 Å². The van der Waals surface area contributed by atoms with Crippen molar-refractivity contribution in [3.63, 3.8) is 0 Å². The van der Waals surface area contributed by atoms with Gasteiger partial charge in [0.25, 0.3) is 5.91 Å². The molecule has 0 heterocycles. The standard InChI is InChI=1S/C18H22FNO3/c1-13-4-2-3-5-16(13)20-17(21)12-23-18(22)11-8-14-6-9-15(19)10-7-14/h6-11,13,16H,2-5,12H2,1H3,(H,20,21)/b11-8+/t13-,16+/m1/s1. The lowest BCUT2D eigenvalue weighted by atomic mass is 9.86. The third-order valence-electron chi connectivity index (χ3n) is 4.09. The minimum atomic E-state index is -0.596. The fraction of sp³-hybridized carbons (Fsp3) is 0.444. The Morgan fingerprint density at radius 3 is 2.65 bits per heavy atom. The average Bonchev–Trinajstić information content (AvgIpc) is 2.54. The molecule has 0 aromatic heterocycles. The molecule has 5 heteroatoms. The normalized spacial score (nSPS) is 21.1. The van der Waals surface area contributed by atoms with Crippen molar-refractivity contribution in [1.82, 2.24) is 5.32 Å². The maximum Gasteiger partial charge on any atom is 0.331 e. The molecule has 2 rings (SSSR count). The first-order chi connectivity index (χ1) is 11.0. The van der Waals surface area contributed by atoms with E-state index in [4.69, 9.17) is 4.74 Å². The summed E-state index contributed by atoms with van der Waals surface area (Å²) < 4.78 is 17.7. The average molecular weight is 319 g/mol. The molecule has 1 aromatic rings. The number of nitrogens with one attached hydrogen (secondary N) is 1. The largest absolute Gasteiger partial charge is 0.452 e. The molecule has 0 bridgehead atoms. The lowest BCUT2D eigenvalue weighted by Crippen LogP contribution is -2.42. The lowest BCUT2D eigenvalue weighted by molar-refractivity contribution is -0.144. The van der Waals surface area contributed by atoms with Gasteiger partial charge in [-0.25, -0.2) is 9.18 Å². The van der Waals surface area contributed by atoms with Gasteiger partial charge in [0.05, 0.1) is 0 Å². The zero-order valence-electron chi connectivity index (χ0n) is 13.3. The summed E-state index contributed by atoms with van der Waals surface area (Å²) in [4.78, 5) is 23.4. The number of amides is 1. The molecule has 4 nitrogen and oxygen atoms in total. The Balaban J connectivity index is 1.73. The summed E-state index contributed by atoms with van der Waals surface area (Å²) in [5.74, 6) is -0.742. The zero-order chi connectivity index (χ0) is 16.7. The summed E-state index contributed by atoms with van der Waals surface area (Å²) in [7, 11) is 0. The van der Waals surface area contributed by atoms with Crippen LogP contribution in [0.4, 0.5) is 4.39 Å². The summed E-state index contributed by atoms with van der Waals surface area (Å²) in [6.45, 7) is 1.84. The number of rotatable bonds is 5. The van der Waals surface area contributed by atoms with Crippen molar-refractivity contribution in [2.24, 2.45) is 5.92 Å². The maximum absolute atomic E-state index is 12.8. The van der Waals surface area contributed by atoms with Crippen molar-refractivity contribution in [3.8, 4) is 0 Å². The van der Waals surface area contributed by atoms with E-state index in [9.17, 15) is 14.0 Å². The van der Waals surface area contributed by atoms with Crippen molar-refractivity contribution in [3.05, 3.63) is 41.7 Å². The molecule has 1 fully saturated rings. The van der Waals surface area contributed by atoms with Crippen LogP contribution in [0.5, 0.6) is 0 Å². The van der Waals surface area contributed by atoms with Crippen LogP contribution in [0.3, 0.4) is 0 Å². The molecule has 1 aliphatic rings. The summed E-state index contributed by atoms with van der Waals surface area (Å²) in [5.41, 5.74) is 0.684. The smallest absolute Gasteiger partial charge is 0.331 e. The molecule has 0 unspecified atom stereocenters. The van der Waals surface area contributed by atoms with Gasteiger partial charge in [-0.2, -0.15) is 0 Å². The molecule has 0 aliphatic heterocycles. The molecular formula is C18H22FNO3. The Bertz CT molecular complexity index is 568. The Kier molecular flexibility index (Phi) is 6.32. The summed E-state index contributed by atoms with van der Waals surface area (Å²) in [6.07, 6.45) is 7.16. The first-order valence-corrected chi connectivity index (χ1v) is 7.94. The molecule has 0 radical (unpaired) electrons. The first-order valence-electron chi connectivity index (χ1n) is 7.94. The number of carbonyl (C=O) groups excluding carboxylic acids is 2. The van der Waals surface area contributed by atoms with E-state index in [-0.39, 0.29) is 24.4 Å². The number of hydrogen-bond acceptors (Lipinski definition) is 3. The molecule has 1 amide bonds. The number of ether oxygens (including phenoxy) is 1. The Labute approximate surface area is 135 Å². The Hall–Kier alpha value is -2.17. The van der Waals surface area contributed by atoms with E-state index in [2.05, 4.69) is 12.2 Å². The van der Waals surface area contributed by atoms with Crippen LogP contribution in [0.1, 0.15) is 38.2 Å². The number of hydrogen-bond donors (Lipinski definition) is 1. The van der Waals surface area contributed by atoms with E-state index in [0.717, 1.165) is 19.3 Å². The van der Waals surface area contributed by atoms with Gasteiger partial charge in [-0.15, -0.1) is 0 Å². The van der Waals surface area contributed by atoms with E-state index in [1.165, 1.54) is 30.7 Å². The van der Waals surface area contributed by atoms with Gasteiger partial charge in [0.15, 0.2) is 6.61 Å².